The van der Waals surface area contributed by atoms with Crippen molar-refractivity contribution in [3.05, 3.63) is 90.0 Å². The van der Waals surface area contributed by atoms with Crippen LogP contribution in [0, 0.1) is 6.07 Å². The molecule has 0 fully saturated rings. The number of hydrogen-bond acceptors (Lipinski definition) is 2. The largest absolute Gasteiger partial charge is 0.489 e. The Morgan fingerprint density at radius 1 is 0.917 bits per heavy atom. The lowest BCUT2D eigenvalue weighted by Gasteiger charge is -2.20. The molecule has 4 rings (SSSR count). The van der Waals surface area contributed by atoms with Crippen LogP contribution in [-0.2, 0) is 0 Å². The van der Waals surface area contributed by atoms with E-state index in [1.165, 1.54) is 11.1 Å². The van der Waals surface area contributed by atoms with Crippen LogP contribution in [0.4, 0.5) is 0 Å². The monoisotopic (exact) mass is 315 g/mol. The van der Waals surface area contributed by atoms with E-state index in [0.717, 1.165) is 16.9 Å². The second-order valence-electron chi connectivity index (χ2n) is 6.05. The SMILES string of the molecule is OCCC1Oc2cc[c]c(-c3ccccc3)c2C1c1ccccc1. The summed E-state index contributed by atoms with van der Waals surface area (Å²) in [6.07, 6.45) is 0.563. The van der Waals surface area contributed by atoms with Crippen molar-refractivity contribution in [2.75, 3.05) is 6.61 Å². The van der Waals surface area contributed by atoms with Crippen LogP contribution in [0.3, 0.4) is 0 Å². The van der Waals surface area contributed by atoms with Crippen LogP contribution in [0.2, 0.25) is 0 Å². The zero-order chi connectivity index (χ0) is 16.4. The molecule has 0 bridgehead atoms. The van der Waals surface area contributed by atoms with E-state index in [4.69, 9.17) is 4.74 Å². The standard InChI is InChI=1S/C22H19O2/c23-15-14-20-21(17-10-5-2-6-11-17)22-18(12-7-13-19(22)24-20)16-8-3-1-4-9-16/h1-11,13,20-21,23H,14-15H2. The summed E-state index contributed by atoms with van der Waals surface area (Å²) < 4.78 is 6.20. The number of fused-ring (bicyclic) bond motifs is 1. The molecule has 3 aromatic rings. The summed E-state index contributed by atoms with van der Waals surface area (Å²) in [6.45, 7) is 0.117. The van der Waals surface area contributed by atoms with E-state index in [9.17, 15) is 5.11 Å². The fourth-order valence-corrected chi connectivity index (χ4v) is 3.56. The van der Waals surface area contributed by atoms with E-state index in [0.29, 0.717) is 6.42 Å². The maximum atomic E-state index is 9.47. The number of ether oxygens (including phenoxy) is 1. The fourth-order valence-electron chi connectivity index (χ4n) is 3.56. The normalized spacial score (nSPS) is 18.9. The van der Waals surface area contributed by atoms with Crippen molar-refractivity contribution < 1.29 is 9.84 Å². The van der Waals surface area contributed by atoms with Crippen molar-refractivity contribution in [3.63, 3.8) is 0 Å². The minimum Gasteiger partial charge on any atom is -0.489 e. The van der Waals surface area contributed by atoms with Gasteiger partial charge in [-0.3, -0.25) is 0 Å². The molecule has 2 heteroatoms. The van der Waals surface area contributed by atoms with Crippen LogP contribution >= 0.6 is 0 Å². The van der Waals surface area contributed by atoms with E-state index < -0.39 is 0 Å². The lowest BCUT2D eigenvalue weighted by atomic mass is 9.83. The van der Waals surface area contributed by atoms with Crippen molar-refractivity contribution in [2.24, 2.45) is 0 Å². The summed E-state index contributed by atoms with van der Waals surface area (Å²) in [6, 6.07) is 28.0. The van der Waals surface area contributed by atoms with Crippen molar-refractivity contribution in [2.45, 2.75) is 18.4 Å². The summed E-state index contributed by atoms with van der Waals surface area (Å²) in [5, 5.41) is 9.47. The highest BCUT2D eigenvalue weighted by Crippen LogP contribution is 2.47. The smallest absolute Gasteiger partial charge is 0.124 e. The van der Waals surface area contributed by atoms with Gasteiger partial charge in [-0.15, -0.1) is 0 Å². The number of rotatable bonds is 4. The minimum absolute atomic E-state index is 0.0503. The first-order valence-electron chi connectivity index (χ1n) is 8.31. The molecule has 1 radical (unpaired) electrons. The molecule has 1 aliphatic rings. The number of hydrogen-bond donors (Lipinski definition) is 1. The summed E-state index contributed by atoms with van der Waals surface area (Å²) in [7, 11) is 0. The molecule has 1 N–H and O–H groups in total. The summed E-state index contributed by atoms with van der Waals surface area (Å²) >= 11 is 0. The van der Waals surface area contributed by atoms with Gasteiger partial charge in [0.1, 0.15) is 11.9 Å². The molecule has 0 saturated carbocycles. The third-order valence-corrected chi connectivity index (χ3v) is 4.59. The second-order valence-corrected chi connectivity index (χ2v) is 6.05. The molecule has 2 nitrogen and oxygen atoms in total. The number of benzene rings is 3. The summed E-state index contributed by atoms with van der Waals surface area (Å²) in [5.41, 5.74) is 4.62. The van der Waals surface area contributed by atoms with Crippen LogP contribution < -0.4 is 4.74 Å². The third-order valence-electron chi connectivity index (χ3n) is 4.59. The number of aliphatic hydroxyl groups is 1. The molecule has 0 saturated heterocycles. The van der Waals surface area contributed by atoms with Crippen LogP contribution in [0.1, 0.15) is 23.5 Å². The molecule has 2 unspecified atom stereocenters. The second kappa shape index (κ2) is 6.50. The van der Waals surface area contributed by atoms with Gasteiger partial charge in [0.15, 0.2) is 0 Å². The summed E-state index contributed by atoms with van der Waals surface area (Å²) in [5.74, 6) is 1.01. The van der Waals surface area contributed by atoms with E-state index in [1.807, 2.05) is 36.4 Å². The average molecular weight is 315 g/mol. The molecule has 0 aliphatic carbocycles. The molecule has 1 aliphatic heterocycles. The Labute approximate surface area is 142 Å². The molecule has 3 aromatic carbocycles. The Bertz CT molecular complexity index is 812. The van der Waals surface area contributed by atoms with Gasteiger partial charge in [0.25, 0.3) is 0 Å². The predicted molar refractivity (Wildman–Crippen MR) is 95.1 cm³/mol. The molecule has 0 aromatic heterocycles. The van der Waals surface area contributed by atoms with Crippen molar-refractivity contribution in [1.29, 1.82) is 0 Å². The first-order valence-corrected chi connectivity index (χ1v) is 8.31. The van der Waals surface area contributed by atoms with Gasteiger partial charge in [0, 0.05) is 18.6 Å². The predicted octanol–water partition coefficient (Wildman–Crippen LogP) is 4.43. The van der Waals surface area contributed by atoms with Gasteiger partial charge in [0.2, 0.25) is 0 Å². The van der Waals surface area contributed by atoms with Crippen molar-refractivity contribution in [1.82, 2.24) is 0 Å². The first kappa shape index (κ1) is 15.0. The zero-order valence-electron chi connectivity index (χ0n) is 13.4. The topological polar surface area (TPSA) is 29.5 Å². The Balaban J connectivity index is 1.88. The highest BCUT2D eigenvalue weighted by atomic mass is 16.5. The van der Waals surface area contributed by atoms with Crippen LogP contribution in [-0.4, -0.2) is 17.8 Å². The maximum Gasteiger partial charge on any atom is 0.124 e. The first-order chi connectivity index (χ1) is 11.9. The lowest BCUT2D eigenvalue weighted by molar-refractivity contribution is 0.164. The Morgan fingerprint density at radius 2 is 1.62 bits per heavy atom. The zero-order valence-corrected chi connectivity index (χ0v) is 13.4. The van der Waals surface area contributed by atoms with Crippen LogP contribution in [0.15, 0.2) is 72.8 Å². The Kier molecular flexibility index (Phi) is 4.06. The molecule has 2 atom stereocenters. The molecular weight excluding hydrogens is 296 g/mol. The van der Waals surface area contributed by atoms with Gasteiger partial charge in [-0.05, 0) is 28.8 Å². The van der Waals surface area contributed by atoms with E-state index in [2.05, 4.69) is 42.5 Å². The minimum atomic E-state index is -0.0503. The Hall–Kier alpha value is -2.58. The van der Waals surface area contributed by atoms with Gasteiger partial charge in [-0.25, -0.2) is 0 Å². The van der Waals surface area contributed by atoms with Crippen molar-refractivity contribution >= 4 is 0 Å². The van der Waals surface area contributed by atoms with Crippen LogP contribution in [0.5, 0.6) is 5.75 Å². The quantitative estimate of drug-likeness (QED) is 0.772. The van der Waals surface area contributed by atoms with Crippen molar-refractivity contribution in [3.8, 4) is 16.9 Å². The molecule has 0 amide bonds. The van der Waals surface area contributed by atoms with Crippen LogP contribution in [0.25, 0.3) is 11.1 Å². The van der Waals surface area contributed by atoms with Gasteiger partial charge in [0.05, 0.1) is 5.92 Å². The van der Waals surface area contributed by atoms with Gasteiger partial charge in [-0.2, -0.15) is 0 Å². The molecule has 0 spiro atoms. The van der Waals surface area contributed by atoms with Gasteiger partial charge < -0.3 is 9.84 Å². The van der Waals surface area contributed by atoms with E-state index in [1.54, 1.807) is 0 Å². The van der Waals surface area contributed by atoms with E-state index >= 15 is 0 Å². The van der Waals surface area contributed by atoms with Gasteiger partial charge in [-0.1, -0.05) is 66.7 Å². The van der Waals surface area contributed by atoms with E-state index in [-0.39, 0.29) is 18.6 Å². The molecule has 24 heavy (non-hydrogen) atoms. The molecule has 119 valence electrons. The number of aliphatic hydroxyl groups excluding tert-OH is 1. The average Bonchev–Trinajstić information content (AvgIpc) is 3.01. The third kappa shape index (κ3) is 2.59. The highest BCUT2D eigenvalue weighted by Gasteiger charge is 2.37. The summed E-state index contributed by atoms with van der Waals surface area (Å²) in [4.78, 5) is 0. The lowest BCUT2D eigenvalue weighted by Crippen LogP contribution is -2.21. The molecule has 1 heterocycles. The fraction of sp³-hybridized carbons (Fsp3) is 0.182. The molecular formula is C22H19O2. The maximum absolute atomic E-state index is 9.47. The Morgan fingerprint density at radius 3 is 2.33 bits per heavy atom. The van der Waals surface area contributed by atoms with Gasteiger partial charge >= 0.3 is 0 Å². The highest BCUT2D eigenvalue weighted by molar-refractivity contribution is 5.72.